The first-order chi connectivity index (χ1) is 17.4. The van der Waals surface area contributed by atoms with Gasteiger partial charge in [-0.25, -0.2) is 4.79 Å². The van der Waals surface area contributed by atoms with E-state index < -0.39 is 44.5 Å². The van der Waals surface area contributed by atoms with E-state index in [0.29, 0.717) is 0 Å². The first kappa shape index (κ1) is 25.1. The molecule has 0 spiro atoms. The lowest BCUT2D eigenvalue weighted by molar-refractivity contribution is -0.156. The predicted octanol–water partition coefficient (Wildman–Crippen LogP) is 3.51. The Hall–Kier alpha value is -3.61. The van der Waals surface area contributed by atoms with Gasteiger partial charge in [-0.05, 0) is 44.5 Å². The average Bonchev–Trinajstić information content (AvgIpc) is 3.37. The third-order valence-electron chi connectivity index (χ3n) is 6.09. The first-order valence-corrected chi connectivity index (χ1v) is 14.0. The van der Waals surface area contributed by atoms with E-state index in [2.05, 4.69) is 0 Å². The molecule has 1 saturated heterocycles. The summed E-state index contributed by atoms with van der Waals surface area (Å²) in [6, 6.07) is 14.4. The quantitative estimate of drug-likeness (QED) is 0.437. The highest BCUT2D eigenvalue weighted by atomic mass is 32.2. The van der Waals surface area contributed by atoms with Gasteiger partial charge in [-0.3, -0.25) is 0 Å². The molecular formula is C25H22O10S2. The maximum Gasteiger partial charge on any atom is 0.339 e. The number of hydrogen-bond acceptors (Lipinski definition) is 9. The van der Waals surface area contributed by atoms with E-state index in [1.165, 1.54) is 30.3 Å². The van der Waals surface area contributed by atoms with E-state index in [1.54, 1.807) is 38.1 Å². The summed E-state index contributed by atoms with van der Waals surface area (Å²) in [4.78, 5) is 11.2. The van der Waals surface area contributed by atoms with E-state index >= 15 is 0 Å². The first-order valence-electron chi connectivity index (χ1n) is 11.2. The highest BCUT2D eigenvalue weighted by molar-refractivity contribution is 7.87. The Morgan fingerprint density at radius 3 is 1.95 bits per heavy atom. The van der Waals surface area contributed by atoms with Gasteiger partial charge in [0.15, 0.2) is 11.9 Å². The third kappa shape index (κ3) is 4.87. The Bertz CT molecular complexity index is 1580. The molecule has 0 amide bonds. The number of rotatable bonds is 7. The summed E-state index contributed by atoms with van der Waals surface area (Å²) in [5, 5.41) is 9.35. The number of hydrogen-bond donors (Lipinski definition) is 1. The van der Waals surface area contributed by atoms with Gasteiger partial charge in [-0.2, -0.15) is 16.8 Å². The molecule has 2 heterocycles. The Labute approximate surface area is 213 Å². The van der Waals surface area contributed by atoms with Crippen molar-refractivity contribution >= 4 is 26.2 Å². The van der Waals surface area contributed by atoms with Crippen LogP contribution in [0.1, 0.15) is 29.0 Å². The van der Waals surface area contributed by atoms with Gasteiger partial charge in [-0.15, -0.1) is 0 Å². The molecule has 0 saturated carbocycles. The van der Waals surface area contributed by atoms with Gasteiger partial charge in [0.2, 0.25) is 6.29 Å². The summed E-state index contributed by atoms with van der Waals surface area (Å²) in [6.07, 6.45) is -2.15. The Balaban J connectivity index is 1.55. The van der Waals surface area contributed by atoms with Gasteiger partial charge in [-0.1, -0.05) is 35.4 Å². The Morgan fingerprint density at radius 2 is 1.41 bits per heavy atom. The number of carbonyl (C=O) groups is 1. The molecule has 3 aromatic rings. The second-order valence-electron chi connectivity index (χ2n) is 8.83. The van der Waals surface area contributed by atoms with Crippen LogP contribution in [0.25, 0.3) is 0 Å². The number of aryl methyl sites for hydroxylation is 2. The van der Waals surface area contributed by atoms with Gasteiger partial charge in [0.1, 0.15) is 21.3 Å². The van der Waals surface area contributed by atoms with Crippen LogP contribution in [0.4, 0.5) is 0 Å². The van der Waals surface area contributed by atoms with Crippen LogP contribution in [0.3, 0.4) is 0 Å². The molecular weight excluding hydrogens is 524 g/mol. The highest BCUT2D eigenvalue weighted by Crippen LogP contribution is 2.52. The minimum atomic E-state index is -4.35. The number of carboxylic acid groups (broad SMARTS) is 1. The fraction of sp³-hybridized carbons (Fsp3) is 0.240. The summed E-state index contributed by atoms with van der Waals surface area (Å²) < 4.78 is 73.8. The predicted molar refractivity (Wildman–Crippen MR) is 129 cm³/mol. The van der Waals surface area contributed by atoms with Gasteiger partial charge in [0.25, 0.3) is 0 Å². The molecule has 1 N–H and O–H groups in total. The van der Waals surface area contributed by atoms with E-state index in [9.17, 15) is 26.7 Å². The zero-order valence-electron chi connectivity index (χ0n) is 19.7. The van der Waals surface area contributed by atoms with Crippen molar-refractivity contribution in [1.82, 2.24) is 0 Å². The zero-order valence-corrected chi connectivity index (χ0v) is 21.3. The lowest BCUT2D eigenvalue weighted by Gasteiger charge is -2.15. The molecule has 0 radical (unpaired) electrons. The molecule has 5 rings (SSSR count). The van der Waals surface area contributed by atoms with Crippen LogP contribution in [0.5, 0.6) is 17.2 Å². The van der Waals surface area contributed by atoms with Crippen molar-refractivity contribution < 1.29 is 44.6 Å². The summed E-state index contributed by atoms with van der Waals surface area (Å²) >= 11 is 0. The molecule has 0 bridgehead atoms. The van der Waals surface area contributed by atoms with Crippen molar-refractivity contribution in [2.24, 2.45) is 0 Å². The van der Waals surface area contributed by atoms with E-state index in [1.807, 2.05) is 0 Å². The smallest absolute Gasteiger partial charge is 0.339 e. The van der Waals surface area contributed by atoms with Crippen molar-refractivity contribution in [3.63, 3.8) is 0 Å². The standard InChI is InChI=1S/C25H22O10S2/c1-14-3-7-17(8-4-14)36(28,29)34-16-11-20-23(19-13-22(24(26)27)33-25(19)32-20)21(12-16)35-37(30,31)18-9-5-15(2)6-10-18/h3-12,19,22,25H,13H2,1-2H3,(H,26,27)/t19-,22+,25-/m1/s1. The average molecular weight is 547 g/mol. The summed E-state index contributed by atoms with van der Waals surface area (Å²) in [5.41, 5.74) is 1.95. The van der Waals surface area contributed by atoms with Crippen LogP contribution < -0.4 is 13.1 Å². The summed E-state index contributed by atoms with van der Waals surface area (Å²) in [6.45, 7) is 3.61. The molecule has 0 unspecified atom stereocenters. The summed E-state index contributed by atoms with van der Waals surface area (Å²) in [7, 11) is -8.62. The summed E-state index contributed by atoms with van der Waals surface area (Å²) in [5.74, 6) is -2.25. The normalized spacial score (nSPS) is 20.5. The Kier molecular flexibility index (Phi) is 6.13. The van der Waals surface area contributed by atoms with Crippen LogP contribution >= 0.6 is 0 Å². The monoisotopic (exact) mass is 546 g/mol. The molecule has 1 fully saturated rings. The molecule has 12 heteroatoms. The van der Waals surface area contributed by atoms with E-state index in [0.717, 1.165) is 17.2 Å². The van der Waals surface area contributed by atoms with Gasteiger partial charge in [0, 0.05) is 17.7 Å². The third-order valence-corrected chi connectivity index (χ3v) is 8.60. The number of benzene rings is 3. The largest absolute Gasteiger partial charge is 0.479 e. The lowest BCUT2D eigenvalue weighted by atomic mass is 9.95. The van der Waals surface area contributed by atoms with Crippen molar-refractivity contribution in [3.05, 3.63) is 77.4 Å². The zero-order chi connectivity index (χ0) is 26.5. The van der Waals surface area contributed by atoms with Crippen LogP contribution in [-0.2, 0) is 29.8 Å². The maximum atomic E-state index is 13.1. The maximum absolute atomic E-state index is 13.1. The van der Waals surface area contributed by atoms with Crippen molar-refractivity contribution in [3.8, 4) is 17.2 Å². The molecule has 0 aliphatic carbocycles. The minimum absolute atomic E-state index is 0.00973. The SMILES string of the molecule is Cc1ccc(S(=O)(=O)Oc2cc3c(c(OS(=O)(=O)c4ccc(C)cc4)c2)[C@H]2C[C@@H](C(=O)O)O[C@H]2O3)cc1. The van der Waals surface area contributed by atoms with Gasteiger partial charge < -0.3 is 22.9 Å². The molecule has 0 aromatic heterocycles. The molecule has 2 aliphatic heterocycles. The van der Waals surface area contributed by atoms with Gasteiger partial charge in [0.05, 0.1) is 5.92 Å². The number of carboxylic acids is 1. The molecule has 3 atom stereocenters. The minimum Gasteiger partial charge on any atom is -0.479 e. The van der Waals surface area contributed by atoms with Crippen LogP contribution in [-0.4, -0.2) is 40.3 Å². The molecule has 2 aliphatic rings. The number of ether oxygens (including phenoxy) is 2. The van der Waals surface area contributed by atoms with Crippen LogP contribution in [0.15, 0.2) is 70.5 Å². The van der Waals surface area contributed by atoms with Crippen molar-refractivity contribution in [1.29, 1.82) is 0 Å². The fourth-order valence-corrected chi connectivity index (χ4v) is 6.07. The van der Waals surface area contributed by atoms with Crippen molar-refractivity contribution in [2.45, 2.75) is 48.4 Å². The lowest BCUT2D eigenvalue weighted by Crippen LogP contribution is -2.22. The van der Waals surface area contributed by atoms with Crippen LogP contribution in [0.2, 0.25) is 0 Å². The molecule has 3 aromatic carbocycles. The fourth-order valence-electron chi connectivity index (χ4n) is 4.21. The van der Waals surface area contributed by atoms with Crippen molar-refractivity contribution in [2.75, 3.05) is 0 Å². The number of fused-ring (bicyclic) bond motifs is 3. The van der Waals surface area contributed by atoms with E-state index in [4.69, 9.17) is 17.8 Å². The Morgan fingerprint density at radius 1 is 0.865 bits per heavy atom. The van der Waals surface area contributed by atoms with Crippen LogP contribution in [0, 0.1) is 13.8 Å². The number of aliphatic carboxylic acids is 1. The van der Waals surface area contributed by atoms with E-state index in [-0.39, 0.29) is 39.0 Å². The van der Waals surface area contributed by atoms with Gasteiger partial charge >= 0.3 is 26.2 Å². The molecule has 194 valence electrons. The molecule has 10 nitrogen and oxygen atoms in total. The highest BCUT2D eigenvalue weighted by Gasteiger charge is 2.49. The topological polar surface area (TPSA) is 142 Å². The second kappa shape index (κ2) is 9.05. The second-order valence-corrected chi connectivity index (χ2v) is 11.9. The molecule has 37 heavy (non-hydrogen) atoms.